The van der Waals surface area contributed by atoms with Crippen molar-refractivity contribution >= 4 is 81.4 Å². The van der Waals surface area contributed by atoms with Crippen LogP contribution in [-0.2, 0) is 37.5 Å². The predicted octanol–water partition coefficient (Wildman–Crippen LogP) is 2.99. The topological polar surface area (TPSA) is 398 Å². The fourth-order valence-corrected chi connectivity index (χ4v) is 10.2. The Balaban J connectivity index is 0.000000152. The number of nitrogens with zero attached hydrogens (tertiary/aromatic N) is 22. The van der Waals surface area contributed by atoms with Crippen LogP contribution < -0.4 is 29.9 Å². The molecule has 0 atom stereocenters. The molecule has 13 aromatic heterocycles. The van der Waals surface area contributed by atoms with E-state index in [0.29, 0.717) is 47.7 Å². The molecule has 31 nitrogen and oxygen atoms in total. The third-order valence-electron chi connectivity index (χ3n) is 14.8. The van der Waals surface area contributed by atoms with E-state index in [1.807, 2.05) is 50.0 Å². The third kappa shape index (κ3) is 15.5. The van der Waals surface area contributed by atoms with Crippen molar-refractivity contribution in [1.29, 1.82) is 0 Å². The summed E-state index contributed by atoms with van der Waals surface area (Å²) in [6, 6.07) is 15.3. The van der Waals surface area contributed by atoms with Crippen molar-refractivity contribution in [3.63, 3.8) is 0 Å². The van der Waals surface area contributed by atoms with Gasteiger partial charge in [-0.25, -0.2) is 43.3 Å². The number of hydrogen-bond acceptors (Lipinski definition) is 20. The number of pyridine rings is 5. The number of fused-ring (bicyclic) bond motifs is 5. The zero-order valence-electron chi connectivity index (χ0n) is 50.0. The summed E-state index contributed by atoms with van der Waals surface area (Å²) in [7, 11) is 0. The van der Waals surface area contributed by atoms with Crippen molar-refractivity contribution in [3.05, 3.63) is 195 Å². The predicted molar refractivity (Wildman–Crippen MR) is 327 cm³/mol. The van der Waals surface area contributed by atoms with E-state index >= 15 is 0 Å². The number of carboxylic acids is 1. The number of nitrogens with two attached hydrogens (primary N) is 1. The molecular formula is C57H56Cl3F2LiN24O7. The third-order valence-corrected chi connectivity index (χ3v) is 15.4. The number of imidazole rings is 5. The number of nitrogens with one attached hydrogen (secondary N) is 1. The van der Waals surface area contributed by atoms with Crippen molar-refractivity contribution < 1.29 is 62.8 Å². The number of halogens is 5. The van der Waals surface area contributed by atoms with Gasteiger partial charge in [-0.15, -0.1) is 43.0 Å². The molecule has 37 heteroatoms. The SMILES string of the molecule is CCOC(=O)c1nnn(Cc2cn3cc(C4CC4)ccc3n2)n1.Cl.NCc1ncn2ccc(Cl)c(F)c12.O.O=C(NCc1ncn2ccc(Cl)c(F)c12)c1nnn(Cc2cn3cc(C4CC4)ccc3n2)n1.O=C(O)c1nnn(Cc2cn3cc(C4CC4)ccc3n2)n1.[Li+].[OH-]. The monoisotopic (exact) mass is 1340 g/mol. The number of hydrogen-bond donors (Lipinski definition) is 3. The van der Waals surface area contributed by atoms with Gasteiger partial charge in [0.2, 0.25) is 0 Å². The van der Waals surface area contributed by atoms with E-state index in [-0.39, 0.29) is 101 Å². The molecule has 3 aliphatic rings. The Morgan fingerprint density at radius 3 is 1.39 bits per heavy atom. The van der Waals surface area contributed by atoms with Crippen LogP contribution in [0.25, 0.3) is 28.0 Å². The standard InChI is InChI=1S/C21H17ClFN9O.C15H16N6O2.C13H12N6O2.C8H7ClFN3.ClH.Li.2H2O/c22-15-5-6-30-11-25-16(19(30)18(15)23)7-24-21(33)20-27-29-32(28-20)10-14-9-31-8-13(12-1-2-12)3-4-17(31)26-14;1-2-23-15(22)14-17-19-21(18-14)9-12-8-20-7-11(10-3-4-10)5-6-13(20)16-12;20-13(21)12-15-17-19(16-12)7-10-6-18-5-9(8-1-2-8)3-4-11(18)14-10;9-5-1-2-13-4-12-6(3-11)8(13)7(5)10;;;;/h3-6,8-9,11-12H,1-2,7,10H2,(H,24,33);5-8,10H,2-4,9H2,1H3;3-6,8H,1-2,7H2,(H,20,21);1-2,4H,3,11H2;1H;;2*1H2/q;;;;;+1;;/p-1. The van der Waals surface area contributed by atoms with Crippen molar-refractivity contribution in [2.75, 3.05) is 6.61 Å². The summed E-state index contributed by atoms with van der Waals surface area (Å²) in [5.41, 5.74) is 15.7. The molecule has 13 heterocycles. The average molecular weight is 1340 g/mol. The first-order chi connectivity index (χ1) is 43.7. The van der Waals surface area contributed by atoms with Gasteiger partial charge in [-0.1, -0.05) is 41.4 Å². The van der Waals surface area contributed by atoms with Gasteiger partial charge in [0.15, 0.2) is 11.6 Å². The van der Waals surface area contributed by atoms with Crippen molar-refractivity contribution in [2.45, 2.75) is 95.9 Å². The molecule has 0 aliphatic heterocycles. The van der Waals surface area contributed by atoms with Gasteiger partial charge in [-0.05, 0) is 126 Å². The van der Waals surface area contributed by atoms with Crippen molar-refractivity contribution in [2.24, 2.45) is 5.73 Å². The van der Waals surface area contributed by atoms with Gasteiger partial charge >= 0.3 is 30.8 Å². The number of carbonyl (C=O) groups excluding carboxylic acids is 2. The van der Waals surface area contributed by atoms with Crippen molar-refractivity contribution in [1.82, 2.24) is 113 Å². The Hall–Kier alpha value is -9.72. The van der Waals surface area contributed by atoms with E-state index in [9.17, 15) is 23.2 Å². The first-order valence-electron chi connectivity index (χ1n) is 28.4. The fraction of sp³-hybridized carbons (Fsp3) is 0.281. The molecule has 0 spiro atoms. The Morgan fingerprint density at radius 1 is 0.596 bits per heavy atom. The Bertz CT molecular complexity index is 4840. The van der Waals surface area contributed by atoms with Crippen molar-refractivity contribution in [3.8, 4) is 0 Å². The summed E-state index contributed by atoms with van der Waals surface area (Å²) in [4.78, 5) is 60.3. The molecule has 0 unspecified atom stereocenters. The largest absolute Gasteiger partial charge is 1.00 e. The van der Waals surface area contributed by atoms with Gasteiger partial charge in [-0.3, -0.25) is 4.79 Å². The van der Waals surface area contributed by atoms with Gasteiger partial charge in [0.1, 0.15) is 47.6 Å². The molecule has 3 aliphatic carbocycles. The maximum Gasteiger partial charge on any atom is 1.00 e. The number of carbonyl (C=O) groups is 3. The number of carboxylic acid groups (broad SMARTS) is 1. The minimum Gasteiger partial charge on any atom is -0.870 e. The second-order valence-corrected chi connectivity index (χ2v) is 22.2. The Labute approximate surface area is 557 Å². The maximum absolute atomic E-state index is 14.3. The molecule has 0 bridgehead atoms. The second-order valence-electron chi connectivity index (χ2n) is 21.4. The van der Waals surface area contributed by atoms with Crippen LogP contribution >= 0.6 is 35.6 Å². The van der Waals surface area contributed by atoms with E-state index in [4.69, 9.17) is 38.8 Å². The van der Waals surface area contributed by atoms with Crippen LogP contribution in [0.3, 0.4) is 0 Å². The molecule has 482 valence electrons. The molecular weight excluding hydrogens is 1280 g/mol. The minimum absolute atomic E-state index is 0. The molecule has 0 saturated heterocycles. The molecule has 7 N–H and O–H groups in total. The number of tetrazole rings is 3. The fourth-order valence-electron chi connectivity index (χ4n) is 9.90. The maximum atomic E-state index is 14.3. The smallest absolute Gasteiger partial charge is 0.870 e. The Kier molecular flexibility index (Phi) is 21.5. The number of aromatic carboxylic acids is 1. The number of amides is 1. The normalized spacial score (nSPS) is 13.1. The zero-order valence-corrected chi connectivity index (χ0v) is 52.3. The van der Waals surface area contributed by atoms with Crippen LogP contribution in [0.1, 0.15) is 140 Å². The first kappa shape index (κ1) is 68.6. The number of esters is 1. The molecule has 13 aromatic rings. The zero-order chi connectivity index (χ0) is 62.2. The van der Waals surface area contributed by atoms with Crippen LogP contribution in [0, 0.1) is 11.6 Å². The molecule has 16 rings (SSSR count). The van der Waals surface area contributed by atoms with E-state index < -0.39 is 29.5 Å². The molecule has 3 fully saturated rings. The quantitative estimate of drug-likeness (QED) is 0.0924. The van der Waals surface area contributed by atoms with Gasteiger partial charge in [-0.2, -0.15) is 14.4 Å². The molecule has 94 heavy (non-hydrogen) atoms. The van der Waals surface area contributed by atoms with Gasteiger partial charge in [0.25, 0.3) is 23.4 Å². The van der Waals surface area contributed by atoms with E-state index in [0.717, 1.165) is 34.0 Å². The minimum atomic E-state index is -1.19. The molecule has 1 amide bonds. The average Bonchev–Trinajstić information content (AvgIpc) is 1.71. The molecule has 3 saturated carbocycles. The first-order valence-corrected chi connectivity index (χ1v) is 29.2. The number of rotatable bonds is 16. The van der Waals surface area contributed by atoms with E-state index in [1.54, 1.807) is 23.7 Å². The van der Waals surface area contributed by atoms with Crippen LogP contribution in [0.4, 0.5) is 8.78 Å². The van der Waals surface area contributed by atoms with Crippen LogP contribution in [0.5, 0.6) is 0 Å². The van der Waals surface area contributed by atoms with Gasteiger partial charge < -0.3 is 53.8 Å². The summed E-state index contributed by atoms with van der Waals surface area (Å²) in [5, 5.41) is 45.9. The van der Waals surface area contributed by atoms with Crippen LogP contribution in [0.15, 0.2) is 111 Å². The number of aromatic nitrogens is 22. The van der Waals surface area contributed by atoms with Crippen LogP contribution in [-0.4, -0.2) is 148 Å². The van der Waals surface area contributed by atoms with Crippen LogP contribution in [0.2, 0.25) is 10.0 Å². The van der Waals surface area contributed by atoms with Gasteiger partial charge in [0.05, 0.1) is 64.3 Å². The number of ether oxygens (including phenoxy) is 1. The van der Waals surface area contributed by atoms with E-state index in [1.165, 1.54) is 98.8 Å². The second kappa shape index (κ2) is 29.5. The summed E-state index contributed by atoms with van der Waals surface area (Å²) in [6.45, 7) is 3.12. The van der Waals surface area contributed by atoms with E-state index in [2.05, 4.69) is 113 Å². The molecule has 0 radical (unpaired) electrons. The summed E-state index contributed by atoms with van der Waals surface area (Å²) in [6.07, 6.45) is 25.8. The van der Waals surface area contributed by atoms with Gasteiger partial charge in [0, 0.05) is 56.1 Å². The summed E-state index contributed by atoms with van der Waals surface area (Å²) < 4.78 is 41.7. The Morgan fingerprint density at radius 2 is 0.989 bits per heavy atom. The molecule has 0 aromatic carbocycles. The summed E-state index contributed by atoms with van der Waals surface area (Å²) in [5.74, 6) is -1.76. The summed E-state index contributed by atoms with van der Waals surface area (Å²) >= 11 is 11.5.